The van der Waals surface area contributed by atoms with Gasteiger partial charge < -0.3 is 10.1 Å². The normalized spacial score (nSPS) is 12.0. The molecule has 3 rings (SSSR count). The van der Waals surface area contributed by atoms with Crippen molar-refractivity contribution >= 4 is 35.2 Å². The molecular formula is C22H21ClN4O3. The van der Waals surface area contributed by atoms with E-state index >= 15 is 0 Å². The molecule has 1 unspecified atom stereocenters. The van der Waals surface area contributed by atoms with Crippen molar-refractivity contribution in [2.75, 3.05) is 5.32 Å². The zero-order chi connectivity index (χ0) is 21.7. The second-order valence-electron chi connectivity index (χ2n) is 6.58. The molecule has 1 N–H and O–H groups in total. The molecule has 3 aromatic rings. The number of benzene rings is 1. The van der Waals surface area contributed by atoms with Gasteiger partial charge in [-0.3, -0.25) is 4.79 Å². The number of hydrogen-bond donors (Lipinski definition) is 1. The third-order valence-corrected chi connectivity index (χ3v) is 4.71. The predicted molar refractivity (Wildman–Crippen MR) is 116 cm³/mol. The van der Waals surface area contributed by atoms with Crippen LogP contribution in [0.5, 0.6) is 0 Å². The number of hydrogen-bond acceptors (Lipinski definition) is 5. The Morgan fingerprint density at radius 3 is 2.60 bits per heavy atom. The Labute approximate surface area is 179 Å². The number of nitrogens with one attached hydrogen (secondary N) is 1. The van der Waals surface area contributed by atoms with Crippen LogP contribution in [0.15, 0.2) is 54.7 Å². The van der Waals surface area contributed by atoms with Gasteiger partial charge in [-0.2, -0.15) is 5.10 Å². The minimum absolute atomic E-state index is 0.158. The van der Waals surface area contributed by atoms with Gasteiger partial charge in [0.25, 0.3) is 5.91 Å². The van der Waals surface area contributed by atoms with E-state index in [2.05, 4.69) is 15.4 Å². The Morgan fingerprint density at radius 1 is 1.17 bits per heavy atom. The number of amides is 1. The van der Waals surface area contributed by atoms with Gasteiger partial charge in [0.1, 0.15) is 0 Å². The quantitative estimate of drug-likeness (QED) is 0.365. The second-order valence-corrected chi connectivity index (χ2v) is 6.93. The van der Waals surface area contributed by atoms with E-state index in [1.807, 2.05) is 48.9 Å². The molecular weight excluding hydrogens is 404 g/mol. The summed E-state index contributed by atoms with van der Waals surface area (Å²) in [5.41, 5.74) is 3.76. The lowest BCUT2D eigenvalue weighted by Crippen LogP contribution is -2.29. The Balaban J connectivity index is 1.65. The number of carbonyl (C=O) groups is 2. The fourth-order valence-corrected chi connectivity index (χ4v) is 3.02. The highest BCUT2D eigenvalue weighted by Crippen LogP contribution is 2.20. The van der Waals surface area contributed by atoms with Crippen molar-refractivity contribution in [2.24, 2.45) is 0 Å². The van der Waals surface area contributed by atoms with Crippen molar-refractivity contribution in [3.63, 3.8) is 0 Å². The maximum absolute atomic E-state index is 12.2. The van der Waals surface area contributed by atoms with Gasteiger partial charge in [0.15, 0.2) is 11.3 Å². The number of ether oxygens (including phenoxy) is 1. The van der Waals surface area contributed by atoms with Gasteiger partial charge in [-0.1, -0.05) is 29.8 Å². The molecule has 8 heteroatoms. The average molecular weight is 425 g/mol. The number of halogens is 1. The Hall–Kier alpha value is -3.45. The summed E-state index contributed by atoms with van der Waals surface area (Å²) in [6.45, 7) is 5.27. The van der Waals surface area contributed by atoms with Crippen LogP contribution in [-0.4, -0.2) is 32.7 Å². The lowest BCUT2D eigenvalue weighted by atomic mass is 10.2. The Morgan fingerprint density at radius 2 is 1.90 bits per heavy atom. The number of aromatic nitrogens is 3. The molecule has 0 aliphatic carbocycles. The van der Waals surface area contributed by atoms with Gasteiger partial charge in [0.2, 0.25) is 0 Å². The number of para-hydroxylation sites is 1. The summed E-state index contributed by atoms with van der Waals surface area (Å²) in [7, 11) is 0. The molecule has 2 aromatic heterocycles. The fourth-order valence-electron chi connectivity index (χ4n) is 2.85. The van der Waals surface area contributed by atoms with E-state index in [0.29, 0.717) is 5.69 Å². The van der Waals surface area contributed by atoms with Crippen molar-refractivity contribution < 1.29 is 14.3 Å². The van der Waals surface area contributed by atoms with Crippen LogP contribution in [0.2, 0.25) is 5.15 Å². The number of rotatable bonds is 6. The molecule has 0 spiro atoms. The van der Waals surface area contributed by atoms with Gasteiger partial charge in [0, 0.05) is 23.5 Å². The Kier molecular flexibility index (Phi) is 6.64. The van der Waals surface area contributed by atoms with Crippen molar-refractivity contribution in [3.8, 4) is 5.69 Å². The predicted octanol–water partition coefficient (Wildman–Crippen LogP) is 4.12. The van der Waals surface area contributed by atoms with Crippen LogP contribution >= 0.6 is 11.6 Å². The monoisotopic (exact) mass is 424 g/mol. The average Bonchev–Trinajstić information content (AvgIpc) is 3.02. The molecule has 0 saturated heterocycles. The van der Waals surface area contributed by atoms with E-state index in [9.17, 15) is 9.59 Å². The van der Waals surface area contributed by atoms with E-state index in [4.69, 9.17) is 16.3 Å². The van der Waals surface area contributed by atoms with Crippen molar-refractivity contribution in [1.29, 1.82) is 0 Å². The zero-order valence-corrected chi connectivity index (χ0v) is 17.6. The van der Waals surface area contributed by atoms with Crippen molar-refractivity contribution in [2.45, 2.75) is 26.9 Å². The number of pyridine rings is 1. The molecule has 0 fully saturated rings. The van der Waals surface area contributed by atoms with Crippen LogP contribution in [0.1, 0.15) is 23.9 Å². The standard InChI is InChI=1S/C22H21ClN4O3/c1-14-18(15(2)27(26-14)17-8-5-4-6-9-17)11-12-20(28)30-16(3)22(29)25-19-10-7-13-24-21(19)23/h4-13,16H,1-3H3,(H,25,29)/b12-11+. The molecule has 2 heterocycles. The summed E-state index contributed by atoms with van der Waals surface area (Å²) >= 11 is 5.92. The molecule has 154 valence electrons. The molecule has 0 bridgehead atoms. The molecule has 0 saturated carbocycles. The van der Waals surface area contributed by atoms with E-state index in [-0.39, 0.29) is 5.15 Å². The van der Waals surface area contributed by atoms with E-state index in [1.54, 1.807) is 18.2 Å². The van der Waals surface area contributed by atoms with Gasteiger partial charge in [-0.05, 0) is 51.1 Å². The number of aryl methyl sites for hydroxylation is 1. The number of carbonyl (C=O) groups excluding carboxylic acids is 2. The first-order valence-corrected chi connectivity index (χ1v) is 9.66. The van der Waals surface area contributed by atoms with E-state index in [1.165, 1.54) is 19.2 Å². The van der Waals surface area contributed by atoms with Gasteiger partial charge in [-0.25, -0.2) is 14.5 Å². The van der Waals surface area contributed by atoms with Gasteiger partial charge >= 0.3 is 5.97 Å². The SMILES string of the molecule is Cc1nn(-c2ccccc2)c(C)c1/C=C/C(=O)OC(C)C(=O)Nc1cccnc1Cl. The molecule has 0 aliphatic rings. The van der Waals surface area contributed by atoms with Crippen LogP contribution in [0.3, 0.4) is 0 Å². The minimum Gasteiger partial charge on any atom is -0.449 e. The maximum Gasteiger partial charge on any atom is 0.331 e. The summed E-state index contributed by atoms with van der Waals surface area (Å²) in [5, 5.41) is 7.27. The maximum atomic E-state index is 12.2. The topological polar surface area (TPSA) is 86.1 Å². The van der Waals surface area contributed by atoms with Crippen LogP contribution in [0.25, 0.3) is 11.8 Å². The highest BCUT2D eigenvalue weighted by molar-refractivity contribution is 6.32. The third kappa shape index (κ3) is 4.93. The van der Waals surface area contributed by atoms with Crippen molar-refractivity contribution in [3.05, 3.63) is 76.8 Å². The Bertz CT molecular complexity index is 1090. The summed E-state index contributed by atoms with van der Waals surface area (Å²) in [6.07, 6.45) is 3.43. The number of esters is 1. The van der Waals surface area contributed by atoms with Crippen LogP contribution in [0, 0.1) is 13.8 Å². The first kappa shape index (κ1) is 21.3. The minimum atomic E-state index is -1.01. The third-order valence-electron chi connectivity index (χ3n) is 4.41. The number of anilines is 1. The molecule has 1 amide bonds. The molecule has 7 nitrogen and oxygen atoms in total. The van der Waals surface area contributed by atoms with E-state index in [0.717, 1.165) is 22.6 Å². The first-order chi connectivity index (χ1) is 14.4. The smallest absolute Gasteiger partial charge is 0.331 e. The second kappa shape index (κ2) is 9.37. The van der Waals surface area contributed by atoms with Crippen molar-refractivity contribution in [1.82, 2.24) is 14.8 Å². The van der Waals surface area contributed by atoms with Gasteiger partial charge in [0.05, 0.1) is 17.1 Å². The first-order valence-electron chi connectivity index (χ1n) is 9.28. The lowest BCUT2D eigenvalue weighted by molar-refractivity contribution is -0.148. The fraction of sp³-hybridized carbons (Fsp3) is 0.182. The van der Waals surface area contributed by atoms with Gasteiger partial charge in [-0.15, -0.1) is 0 Å². The molecule has 0 aliphatic heterocycles. The summed E-state index contributed by atoms with van der Waals surface area (Å²) in [6, 6.07) is 13.0. The number of nitrogens with zero attached hydrogens (tertiary/aromatic N) is 3. The highest BCUT2D eigenvalue weighted by Gasteiger charge is 2.18. The molecule has 1 aromatic carbocycles. The summed E-state index contributed by atoms with van der Waals surface area (Å²) in [5.74, 6) is -1.14. The largest absolute Gasteiger partial charge is 0.449 e. The summed E-state index contributed by atoms with van der Waals surface area (Å²) < 4.78 is 7.00. The summed E-state index contributed by atoms with van der Waals surface area (Å²) in [4.78, 5) is 28.3. The highest BCUT2D eigenvalue weighted by atomic mass is 35.5. The van der Waals surface area contributed by atoms with E-state index < -0.39 is 18.0 Å². The zero-order valence-electron chi connectivity index (χ0n) is 16.8. The molecule has 0 radical (unpaired) electrons. The van der Waals surface area contributed by atoms with Crippen LogP contribution < -0.4 is 5.32 Å². The van der Waals surface area contributed by atoms with Crippen LogP contribution in [0.4, 0.5) is 5.69 Å². The van der Waals surface area contributed by atoms with Crippen LogP contribution in [-0.2, 0) is 14.3 Å². The lowest BCUT2D eigenvalue weighted by Gasteiger charge is -2.12. The molecule has 30 heavy (non-hydrogen) atoms. The molecule has 1 atom stereocenters.